The highest BCUT2D eigenvalue weighted by Crippen LogP contribution is 2.26. The quantitative estimate of drug-likeness (QED) is 0.864. The molecule has 1 heterocycles. The van der Waals surface area contributed by atoms with Gasteiger partial charge in [0.15, 0.2) is 6.10 Å². The number of aliphatic hydroxyl groups is 1. The third-order valence-corrected chi connectivity index (χ3v) is 3.24. The molecule has 5 heteroatoms. The minimum atomic E-state index is -1.25. The van der Waals surface area contributed by atoms with E-state index < -0.39 is 12.1 Å². The van der Waals surface area contributed by atoms with Gasteiger partial charge in [0, 0.05) is 22.4 Å². The fourth-order valence-corrected chi connectivity index (χ4v) is 2.17. The molecule has 90 valence electrons. The number of ether oxygens (including phenoxy) is 1. The van der Waals surface area contributed by atoms with Crippen LogP contribution in [0.15, 0.2) is 28.7 Å². The molecule has 0 aliphatic heterocycles. The molecule has 1 N–H and O–H groups in total. The molecule has 1 aromatic carbocycles. The first-order valence-electron chi connectivity index (χ1n) is 5.05. The van der Waals surface area contributed by atoms with Crippen molar-refractivity contribution in [3.05, 3.63) is 34.4 Å². The molecule has 0 fully saturated rings. The highest BCUT2D eigenvalue weighted by Gasteiger charge is 2.22. The van der Waals surface area contributed by atoms with Gasteiger partial charge in [-0.15, -0.1) is 0 Å². The molecule has 0 aliphatic carbocycles. The number of nitrogens with zero attached hydrogens (tertiary/aromatic N) is 1. The van der Waals surface area contributed by atoms with Crippen molar-refractivity contribution in [2.75, 3.05) is 7.11 Å². The summed E-state index contributed by atoms with van der Waals surface area (Å²) in [6.07, 6.45) is -1.25. The molecule has 0 bridgehead atoms. The van der Waals surface area contributed by atoms with Crippen LogP contribution in [0.5, 0.6) is 0 Å². The molecule has 17 heavy (non-hydrogen) atoms. The minimum Gasteiger partial charge on any atom is -0.467 e. The molecule has 0 aliphatic rings. The van der Waals surface area contributed by atoms with E-state index in [1.54, 1.807) is 17.7 Å². The lowest BCUT2D eigenvalue weighted by Crippen LogP contribution is -2.16. The summed E-state index contributed by atoms with van der Waals surface area (Å²) in [6.45, 7) is 0. The van der Waals surface area contributed by atoms with Gasteiger partial charge >= 0.3 is 5.97 Å². The molecular formula is C12H12BrNO3. The van der Waals surface area contributed by atoms with E-state index in [0.29, 0.717) is 5.69 Å². The van der Waals surface area contributed by atoms with Crippen molar-refractivity contribution in [3.8, 4) is 0 Å². The topological polar surface area (TPSA) is 51.5 Å². The zero-order chi connectivity index (χ0) is 12.6. The highest BCUT2D eigenvalue weighted by molar-refractivity contribution is 9.10. The number of aliphatic hydroxyl groups excluding tert-OH is 1. The second-order valence-corrected chi connectivity index (χ2v) is 4.67. The van der Waals surface area contributed by atoms with E-state index in [1.165, 1.54) is 7.11 Å². The standard InChI is InChI=1S/C12H12BrNO3/c1-14-9-6-8(13)4-3-7(9)5-10(14)11(15)12(16)17-2/h3-6,11,15H,1-2H3. The zero-order valence-corrected chi connectivity index (χ0v) is 11.1. The number of benzene rings is 1. The number of carbonyl (C=O) groups excluding carboxylic acids is 1. The number of halogens is 1. The molecule has 2 aromatic rings. The van der Waals surface area contributed by atoms with Gasteiger partial charge in [-0.1, -0.05) is 22.0 Å². The number of hydrogen-bond acceptors (Lipinski definition) is 3. The van der Waals surface area contributed by atoms with E-state index in [9.17, 15) is 9.90 Å². The average Bonchev–Trinajstić information content (AvgIpc) is 2.65. The fourth-order valence-electron chi connectivity index (χ4n) is 1.82. The van der Waals surface area contributed by atoms with Crippen molar-refractivity contribution in [1.82, 2.24) is 4.57 Å². The lowest BCUT2D eigenvalue weighted by molar-refractivity contribution is -0.151. The highest BCUT2D eigenvalue weighted by atomic mass is 79.9. The maximum Gasteiger partial charge on any atom is 0.340 e. The summed E-state index contributed by atoms with van der Waals surface area (Å²) in [4.78, 5) is 11.3. The monoisotopic (exact) mass is 297 g/mol. The number of aromatic nitrogens is 1. The second kappa shape index (κ2) is 4.50. The Bertz CT molecular complexity index is 576. The van der Waals surface area contributed by atoms with Crippen LogP contribution in [0, 0.1) is 0 Å². The maximum absolute atomic E-state index is 11.3. The number of fused-ring (bicyclic) bond motifs is 1. The predicted molar refractivity (Wildman–Crippen MR) is 67.6 cm³/mol. The number of carbonyl (C=O) groups is 1. The molecule has 4 nitrogen and oxygen atoms in total. The first kappa shape index (κ1) is 12.1. The van der Waals surface area contributed by atoms with Crippen molar-refractivity contribution < 1.29 is 14.6 Å². The minimum absolute atomic E-state index is 0.518. The average molecular weight is 298 g/mol. The van der Waals surface area contributed by atoms with Crippen LogP contribution in [0.2, 0.25) is 0 Å². The van der Waals surface area contributed by atoms with E-state index in [-0.39, 0.29) is 0 Å². The van der Waals surface area contributed by atoms with Crippen LogP contribution in [-0.4, -0.2) is 22.8 Å². The molecule has 1 atom stereocenters. The van der Waals surface area contributed by atoms with Gasteiger partial charge < -0.3 is 14.4 Å². The van der Waals surface area contributed by atoms with Gasteiger partial charge in [-0.25, -0.2) is 4.79 Å². The Balaban J connectivity index is 2.56. The second-order valence-electron chi connectivity index (χ2n) is 3.76. The number of rotatable bonds is 2. The Morgan fingerprint density at radius 1 is 1.47 bits per heavy atom. The number of methoxy groups -OCH3 is 1. The molecule has 0 amide bonds. The summed E-state index contributed by atoms with van der Waals surface area (Å²) >= 11 is 3.39. The van der Waals surface area contributed by atoms with Gasteiger partial charge in [-0.3, -0.25) is 0 Å². The Labute approximate surface area is 107 Å². The van der Waals surface area contributed by atoms with Crippen LogP contribution in [0.25, 0.3) is 10.9 Å². The summed E-state index contributed by atoms with van der Waals surface area (Å²) < 4.78 is 7.26. The van der Waals surface area contributed by atoms with E-state index in [0.717, 1.165) is 15.4 Å². The third kappa shape index (κ3) is 2.08. The van der Waals surface area contributed by atoms with Crippen LogP contribution in [-0.2, 0) is 16.6 Å². The van der Waals surface area contributed by atoms with Crippen molar-refractivity contribution in [3.63, 3.8) is 0 Å². The summed E-state index contributed by atoms with van der Waals surface area (Å²) in [5.74, 6) is -0.657. The Hall–Kier alpha value is -1.33. The SMILES string of the molecule is COC(=O)C(O)c1cc2ccc(Br)cc2n1C. The van der Waals surface area contributed by atoms with E-state index >= 15 is 0 Å². The summed E-state index contributed by atoms with van der Waals surface area (Å²) in [6, 6.07) is 7.55. The van der Waals surface area contributed by atoms with Crippen molar-refractivity contribution in [2.24, 2.45) is 7.05 Å². The Kier molecular flexibility index (Phi) is 3.22. The van der Waals surface area contributed by atoms with E-state index in [2.05, 4.69) is 20.7 Å². The van der Waals surface area contributed by atoms with Gasteiger partial charge in [0.2, 0.25) is 0 Å². The lowest BCUT2D eigenvalue weighted by atomic mass is 10.2. The van der Waals surface area contributed by atoms with E-state index in [1.807, 2.05) is 18.2 Å². The summed E-state index contributed by atoms with van der Waals surface area (Å²) in [5, 5.41) is 10.8. The number of hydrogen-bond donors (Lipinski definition) is 1. The summed E-state index contributed by atoms with van der Waals surface area (Å²) in [7, 11) is 3.06. The van der Waals surface area contributed by atoms with Gasteiger partial charge in [0.25, 0.3) is 0 Å². The molecule has 1 aromatic heterocycles. The molecule has 2 rings (SSSR count). The lowest BCUT2D eigenvalue weighted by Gasteiger charge is -2.09. The van der Waals surface area contributed by atoms with E-state index in [4.69, 9.17) is 0 Å². The van der Waals surface area contributed by atoms with Crippen molar-refractivity contribution in [1.29, 1.82) is 0 Å². The molecule has 0 radical (unpaired) electrons. The largest absolute Gasteiger partial charge is 0.467 e. The molecule has 0 spiro atoms. The Morgan fingerprint density at radius 3 is 2.82 bits per heavy atom. The number of esters is 1. The molecular weight excluding hydrogens is 286 g/mol. The maximum atomic E-state index is 11.3. The zero-order valence-electron chi connectivity index (χ0n) is 9.48. The van der Waals surface area contributed by atoms with Crippen LogP contribution in [0.3, 0.4) is 0 Å². The molecule has 1 unspecified atom stereocenters. The van der Waals surface area contributed by atoms with Gasteiger partial charge in [0.1, 0.15) is 0 Å². The first-order chi connectivity index (χ1) is 8.04. The van der Waals surface area contributed by atoms with Crippen LogP contribution < -0.4 is 0 Å². The smallest absolute Gasteiger partial charge is 0.340 e. The van der Waals surface area contributed by atoms with Gasteiger partial charge in [-0.05, 0) is 18.2 Å². The van der Waals surface area contributed by atoms with Crippen LogP contribution >= 0.6 is 15.9 Å². The first-order valence-corrected chi connectivity index (χ1v) is 5.84. The third-order valence-electron chi connectivity index (χ3n) is 2.75. The predicted octanol–water partition coefficient (Wildman–Crippen LogP) is 2.15. The summed E-state index contributed by atoms with van der Waals surface area (Å²) in [5.41, 5.74) is 1.46. The normalized spacial score (nSPS) is 12.7. The Morgan fingerprint density at radius 2 is 2.18 bits per heavy atom. The van der Waals surface area contributed by atoms with Crippen molar-refractivity contribution >= 4 is 32.8 Å². The van der Waals surface area contributed by atoms with Crippen molar-refractivity contribution in [2.45, 2.75) is 6.10 Å². The van der Waals surface area contributed by atoms with Gasteiger partial charge in [0.05, 0.1) is 12.8 Å². The van der Waals surface area contributed by atoms with Crippen LogP contribution in [0.4, 0.5) is 0 Å². The van der Waals surface area contributed by atoms with Crippen LogP contribution in [0.1, 0.15) is 11.8 Å². The molecule has 0 saturated heterocycles. The van der Waals surface area contributed by atoms with Gasteiger partial charge in [-0.2, -0.15) is 0 Å². The fraction of sp³-hybridized carbons (Fsp3) is 0.250. The number of aryl methyl sites for hydroxylation is 1. The molecule has 0 saturated carbocycles.